The molecule has 0 unspecified atom stereocenters. The van der Waals surface area contributed by atoms with Crippen LogP contribution in [0.15, 0.2) is 12.3 Å². The number of aliphatic hydroxyl groups is 1. The van der Waals surface area contributed by atoms with Gasteiger partial charge in [-0.3, -0.25) is 0 Å². The number of nitrogen functional groups attached to an aromatic ring is 1. The summed E-state index contributed by atoms with van der Waals surface area (Å²) in [6.45, 7) is -0.216. The molecule has 13 heavy (non-hydrogen) atoms. The highest BCUT2D eigenvalue weighted by molar-refractivity contribution is 5.52. The molecule has 64 valence electrons. The van der Waals surface area contributed by atoms with Crippen molar-refractivity contribution in [3.05, 3.63) is 23.4 Å². The Morgan fingerprint density at radius 1 is 1.62 bits per heavy atom. The van der Waals surface area contributed by atoms with Crippen molar-refractivity contribution in [1.29, 1.82) is 5.26 Å². The summed E-state index contributed by atoms with van der Waals surface area (Å²) in [5, 5.41) is 17.0. The zero-order chi connectivity index (χ0) is 9.68. The minimum atomic E-state index is -0.216. The maximum Gasteiger partial charge on any atom is 0.141 e. The fourth-order valence-corrected chi connectivity index (χ4v) is 0.775. The van der Waals surface area contributed by atoms with E-state index in [0.717, 1.165) is 0 Å². The van der Waals surface area contributed by atoms with E-state index in [-0.39, 0.29) is 12.4 Å². The third kappa shape index (κ3) is 2.19. The van der Waals surface area contributed by atoms with Crippen molar-refractivity contribution in [2.75, 3.05) is 12.3 Å². The predicted molar refractivity (Wildman–Crippen MR) is 47.3 cm³/mol. The number of nitriles is 1. The number of pyridine rings is 1. The van der Waals surface area contributed by atoms with Gasteiger partial charge in [0.25, 0.3) is 0 Å². The van der Waals surface area contributed by atoms with E-state index in [1.54, 1.807) is 0 Å². The van der Waals surface area contributed by atoms with Crippen LogP contribution in [0.4, 0.5) is 5.82 Å². The van der Waals surface area contributed by atoms with Crippen molar-refractivity contribution >= 4 is 5.82 Å². The maximum atomic E-state index is 8.60. The largest absolute Gasteiger partial charge is 0.384 e. The highest BCUT2D eigenvalue weighted by Gasteiger charge is 1.98. The molecule has 1 heterocycles. The van der Waals surface area contributed by atoms with Crippen LogP contribution in [0, 0.1) is 23.2 Å². The van der Waals surface area contributed by atoms with Gasteiger partial charge in [-0.05, 0) is 6.07 Å². The Labute approximate surface area is 75.6 Å². The number of nitrogens with zero attached hydrogens (tertiary/aromatic N) is 2. The summed E-state index contributed by atoms with van der Waals surface area (Å²) in [6, 6.07) is 3.43. The number of aliphatic hydroxyl groups excluding tert-OH is 1. The Morgan fingerprint density at radius 3 is 3.00 bits per heavy atom. The SMILES string of the molecule is N#Cc1cc(C#CCO)cnc1N. The highest BCUT2D eigenvalue weighted by Crippen LogP contribution is 2.07. The first-order valence-corrected chi connectivity index (χ1v) is 3.53. The van der Waals surface area contributed by atoms with Gasteiger partial charge in [-0.2, -0.15) is 5.26 Å². The van der Waals surface area contributed by atoms with Crippen LogP contribution in [0.3, 0.4) is 0 Å². The smallest absolute Gasteiger partial charge is 0.141 e. The molecule has 0 amide bonds. The van der Waals surface area contributed by atoms with E-state index < -0.39 is 0 Å². The Hall–Kier alpha value is -2.04. The topological polar surface area (TPSA) is 82.9 Å². The van der Waals surface area contributed by atoms with Gasteiger partial charge in [0, 0.05) is 11.8 Å². The van der Waals surface area contributed by atoms with Crippen LogP contribution in [-0.4, -0.2) is 16.7 Å². The standard InChI is InChI=1S/C9H7N3O/c10-5-8-4-7(2-1-3-13)6-12-9(8)11/h4,6,13H,3H2,(H2,11,12). The average Bonchev–Trinajstić information content (AvgIpc) is 2.16. The van der Waals surface area contributed by atoms with Crippen LogP contribution in [0.2, 0.25) is 0 Å². The molecule has 4 heteroatoms. The summed E-state index contributed by atoms with van der Waals surface area (Å²) in [6.07, 6.45) is 1.46. The molecular weight excluding hydrogens is 166 g/mol. The summed E-state index contributed by atoms with van der Waals surface area (Å²) in [4.78, 5) is 3.77. The monoisotopic (exact) mass is 173 g/mol. The highest BCUT2D eigenvalue weighted by atomic mass is 16.2. The van der Waals surface area contributed by atoms with Gasteiger partial charge < -0.3 is 10.8 Å². The number of hydrogen-bond acceptors (Lipinski definition) is 4. The summed E-state index contributed by atoms with van der Waals surface area (Å²) in [5.41, 5.74) is 6.26. The van der Waals surface area contributed by atoms with Gasteiger partial charge in [-0.25, -0.2) is 4.98 Å². The van der Waals surface area contributed by atoms with E-state index in [2.05, 4.69) is 16.8 Å². The third-order valence-electron chi connectivity index (χ3n) is 1.35. The van der Waals surface area contributed by atoms with Gasteiger partial charge in [-0.15, -0.1) is 0 Å². The van der Waals surface area contributed by atoms with Crippen molar-refractivity contribution in [3.8, 4) is 17.9 Å². The Balaban J connectivity index is 3.08. The van der Waals surface area contributed by atoms with Gasteiger partial charge in [0.05, 0.1) is 5.56 Å². The molecule has 0 saturated heterocycles. The van der Waals surface area contributed by atoms with Crippen LogP contribution < -0.4 is 5.73 Å². The lowest BCUT2D eigenvalue weighted by atomic mass is 10.2. The molecule has 0 aromatic carbocycles. The molecule has 0 atom stereocenters. The molecule has 0 saturated carbocycles. The lowest BCUT2D eigenvalue weighted by Crippen LogP contribution is -1.94. The molecule has 0 radical (unpaired) electrons. The fraction of sp³-hybridized carbons (Fsp3) is 0.111. The zero-order valence-electron chi connectivity index (χ0n) is 6.78. The van der Waals surface area contributed by atoms with Gasteiger partial charge in [0.1, 0.15) is 18.5 Å². The molecule has 4 nitrogen and oxygen atoms in total. The Kier molecular flexibility index (Phi) is 2.86. The minimum absolute atomic E-state index is 0.192. The number of aromatic nitrogens is 1. The first-order chi connectivity index (χ1) is 6.27. The molecule has 0 aliphatic rings. The molecule has 0 bridgehead atoms. The summed E-state index contributed by atoms with van der Waals surface area (Å²) in [5.74, 6) is 5.27. The van der Waals surface area contributed by atoms with E-state index in [4.69, 9.17) is 16.1 Å². The molecule has 1 rings (SSSR count). The van der Waals surface area contributed by atoms with E-state index in [1.807, 2.05) is 6.07 Å². The predicted octanol–water partition coefficient (Wildman–Crippen LogP) is -0.121. The van der Waals surface area contributed by atoms with Crippen molar-refractivity contribution in [3.63, 3.8) is 0 Å². The second-order valence-electron chi connectivity index (χ2n) is 2.23. The molecule has 0 spiro atoms. The van der Waals surface area contributed by atoms with Gasteiger partial charge in [0.15, 0.2) is 0 Å². The van der Waals surface area contributed by atoms with Crippen molar-refractivity contribution in [2.45, 2.75) is 0 Å². The Morgan fingerprint density at radius 2 is 2.38 bits per heavy atom. The molecule has 1 aromatic rings. The average molecular weight is 173 g/mol. The van der Waals surface area contributed by atoms with Gasteiger partial charge in [-0.1, -0.05) is 11.8 Å². The third-order valence-corrected chi connectivity index (χ3v) is 1.35. The van der Waals surface area contributed by atoms with E-state index >= 15 is 0 Å². The molecule has 0 aliphatic carbocycles. The fourth-order valence-electron chi connectivity index (χ4n) is 0.775. The van der Waals surface area contributed by atoms with E-state index in [1.165, 1.54) is 12.3 Å². The van der Waals surface area contributed by atoms with Crippen molar-refractivity contribution in [1.82, 2.24) is 4.98 Å². The number of nitrogens with two attached hydrogens (primary N) is 1. The molecule has 0 fully saturated rings. The number of hydrogen-bond donors (Lipinski definition) is 2. The van der Waals surface area contributed by atoms with Crippen LogP contribution >= 0.6 is 0 Å². The molecule has 3 N–H and O–H groups in total. The summed E-state index contributed by atoms with van der Waals surface area (Å²) in [7, 11) is 0. The summed E-state index contributed by atoms with van der Waals surface area (Å²) >= 11 is 0. The molecule has 0 aliphatic heterocycles. The van der Waals surface area contributed by atoms with Crippen LogP contribution in [0.5, 0.6) is 0 Å². The Bertz CT molecular complexity index is 409. The second kappa shape index (κ2) is 4.10. The first kappa shape index (κ1) is 9.05. The second-order valence-corrected chi connectivity index (χ2v) is 2.23. The first-order valence-electron chi connectivity index (χ1n) is 3.53. The van der Waals surface area contributed by atoms with Crippen molar-refractivity contribution in [2.24, 2.45) is 0 Å². The van der Waals surface area contributed by atoms with Crippen LogP contribution in [0.1, 0.15) is 11.1 Å². The normalized spacial score (nSPS) is 8.31. The van der Waals surface area contributed by atoms with Gasteiger partial charge in [0.2, 0.25) is 0 Å². The molecular formula is C9H7N3O. The van der Waals surface area contributed by atoms with Crippen LogP contribution in [-0.2, 0) is 0 Å². The van der Waals surface area contributed by atoms with Crippen LogP contribution in [0.25, 0.3) is 0 Å². The lowest BCUT2D eigenvalue weighted by Gasteiger charge is -1.95. The number of anilines is 1. The quantitative estimate of drug-likeness (QED) is 0.536. The number of rotatable bonds is 0. The van der Waals surface area contributed by atoms with E-state index in [9.17, 15) is 0 Å². The van der Waals surface area contributed by atoms with Crippen molar-refractivity contribution < 1.29 is 5.11 Å². The summed E-state index contributed by atoms with van der Waals surface area (Å²) < 4.78 is 0. The minimum Gasteiger partial charge on any atom is -0.384 e. The maximum absolute atomic E-state index is 8.60. The molecule has 1 aromatic heterocycles. The lowest BCUT2D eigenvalue weighted by molar-refractivity contribution is 0.350. The van der Waals surface area contributed by atoms with E-state index in [0.29, 0.717) is 11.1 Å². The zero-order valence-corrected chi connectivity index (χ0v) is 6.78. The van der Waals surface area contributed by atoms with Gasteiger partial charge >= 0.3 is 0 Å².